The van der Waals surface area contributed by atoms with E-state index in [9.17, 15) is 62.3 Å². The molecule has 0 amide bonds. The average Bonchev–Trinajstić information content (AvgIpc) is 3.18. The van der Waals surface area contributed by atoms with Crippen molar-refractivity contribution in [3.63, 3.8) is 0 Å². The molecule has 4 nitrogen and oxygen atoms in total. The summed E-state index contributed by atoms with van der Waals surface area (Å²) in [5, 5.41) is 0. The largest absolute Gasteiger partial charge is 0.465 e. The van der Waals surface area contributed by atoms with Crippen molar-refractivity contribution in [3.8, 4) is 0 Å². The highest BCUT2D eigenvalue weighted by Crippen LogP contribution is 2.65. The van der Waals surface area contributed by atoms with E-state index in [4.69, 9.17) is 4.74 Å². The molecule has 0 aromatic heterocycles. The zero-order valence-electron chi connectivity index (χ0n) is 22.1. The van der Waals surface area contributed by atoms with Gasteiger partial charge < -0.3 is 9.47 Å². The van der Waals surface area contributed by atoms with E-state index in [0.717, 1.165) is 6.08 Å². The Bertz CT molecular complexity index is 1190. The van der Waals surface area contributed by atoms with E-state index in [1.165, 1.54) is 0 Å². The lowest BCUT2D eigenvalue weighted by molar-refractivity contribution is -0.347. The highest BCUT2D eigenvalue weighted by molar-refractivity contribution is 5.80. The van der Waals surface area contributed by atoms with Gasteiger partial charge in [0.15, 0.2) is 0 Å². The van der Waals surface area contributed by atoms with Crippen molar-refractivity contribution >= 4 is 11.9 Å². The van der Waals surface area contributed by atoms with Crippen molar-refractivity contribution in [2.45, 2.75) is 95.0 Å². The lowest BCUT2D eigenvalue weighted by Gasteiger charge is -2.56. The molecule has 0 aromatic rings. The zero-order chi connectivity index (χ0) is 31.9. The third kappa shape index (κ3) is 4.78. The normalized spacial score (nSPS) is 34.0. The van der Waals surface area contributed by atoms with Crippen LogP contribution in [0, 0.1) is 28.6 Å². The molecule has 2 fully saturated rings. The maximum Gasteiger partial charge on any atom is 0.465 e. The molecule has 0 N–H and O–H groups in total. The molecule has 42 heavy (non-hydrogen) atoms. The molecule has 0 unspecified atom stereocenters. The maximum absolute atomic E-state index is 13.8. The first-order chi connectivity index (χ1) is 18.9. The van der Waals surface area contributed by atoms with Crippen LogP contribution in [-0.4, -0.2) is 48.2 Å². The minimum atomic E-state index is -6.71. The van der Waals surface area contributed by atoms with Crippen LogP contribution in [0.5, 0.6) is 0 Å². The van der Waals surface area contributed by atoms with Gasteiger partial charge in [-0.3, -0.25) is 0 Å². The number of esters is 2. The molecule has 0 spiro atoms. The van der Waals surface area contributed by atoms with Crippen molar-refractivity contribution < 1.29 is 71.7 Å². The third-order valence-corrected chi connectivity index (χ3v) is 9.74. The Labute approximate surface area is 231 Å². The van der Waals surface area contributed by atoms with Crippen LogP contribution in [-0.2, 0) is 19.1 Å². The molecule has 16 heteroatoms. The number of alkyl halides is 12. The first-order valence-electron chi connectivity index (χ1n) is 13.0. The Morgan fingerprint density at radius 1 is 0.786 bits per heavy atom. The van der Waals surface area contributed by atoms with Crippen LogP contribution >= 0.6 is 0 Å². The monoisotopic (exact) mass is 630 g/mol. The molecule has 0 radical (unpaired) electrons. The molecular formula is C26H26F12O4. The summed E-state index contributed by atoms with van der Waals surface area (Å²) in [5.41, 5.74) is -1.10. The fourth-order valence-electron chi connectivity index (χ4n) is 7.33. The minimum absolute atomic E-state index is 0.0636. The topological polar surface area (TPSA) is 52.6 Å². The Morgan fingerprint density at radius 2 is 1.40 bits per heavy atom. The average molecular weight is 630 g/mol. The van der Waals surface area contributed by atoms with Crippen molar-refractivity contribution in [3.05, 3.63) is 23.5 Å². The SMILES string of the molecule is C[C@]12CC[C@H]3[C@@H](CC=C4C=C(OC(=O)C(F)(F)C(F)(F)C(F)(F)F)CC[C@@]43C)[C@@H]1CC[C@@H]2OC(=O)C(F)(F)C(F)(F)F. The standard InChI is InChI=1S/C26H26F12O4/c1-20-9-7-13(41-18(39)22(27,28)24(31,32)26(36,37)38)11-12(20)3-4-14-15-5-6-17(21(15,2)10-8-16(14)20)42-19(40)23(29,30)25(33,34)35/h3,11,14-17H,4-10H2,1-2H3/t14-,15-,16-,17-,20-,21-/m0/s1. The predicted molar refractivity (Wildman–Crippen MR) is 118 cm³/mol. The zero-order valence-corrected chi connectivity index (χ0v) is 22.1. The molecule has 238 valence electrons. The van der Waals surface area contributed by atoms with Gasteiger partial charge in [0.25, 0.3) is 0 Å². The highest BCUT2D eigenvalue weighted by Gasteiger charge is 2.77. The van der Waals surface area contributed by atoms with E-state index in [1.54, 1.807) is 13.0 Å². The molecule has 4 aliphatic carbocycles. The van der Waals surface area contributed by atoms with Crippen LogP contribution in [0.4, 0.5) is 52.7 Å². The van der Waals surface area contributed by atoms with Gasteiger partial charge in [-0.1, -0.05) is 19.9 Å². The Kier molecular flexibility index (Phi) is 7.58. The number of fused-ring (bicyclic) bond motifs is 5. The number of carbonyl (C=O) groups is 2. The van der Waals surface area contributed by atoms with Gasteiger partial charge >= 0.3 is 42.1 Å². The van der Waals surface area contributed by atoms with Crippen LogP contribution in [0.3, 0.4) is 0 Å². The van der Waals surface area contributed by atoms with Crippen molar-refractivity contribution in [1.29, 1.82) is 0 Å². The van der Waals surface area contributed by atoms with Gasteiger partial charge in [0.2, 0.25) is 0 Å². The maximum atomic E-state index is 13.8. The number of carbonyl (C=O) groups excluding carboxylic acids is 2. The number of allylic oxidation sites excluding steroid dienone is 4. The molecular weight excluding hydrogens is 604 g/mol. The highest BCUT2D eigenvalue weighted by atomic mass is 19.4. The van der Waals surface area contributed by atoms with E-state index in [-0.39, 0.29) is 37.0 Å². The molecule has 0 heterocycles. The van der Waals surface area contributed by atoms with Crippen LogP contribution < -0.4 is 0 Å². The Hall–Kier alpha value is -2.42. The number of hydrogen-bond acceptors (Lipinski definition) is 4. The summed E-state index contributed by atoms with van der Waals surface area (Å²) in [4.78, 5) is 23.5. The lowest BCUT2D eigenvalue weighted by Crippen LogP contribution is -2.56. The summed E-state index contributed by atoms with van der Waals surface area (Å²) >= 11 is 0. The first-order valence-corrected chi connectivity index (χ1v) is 13.0. The summed E-state index contributed by atoms with van der Waals surface area (Å²) in [6, 6.07) is 0. The van der Waals surface area contributed by atoms with E-state index < -0.39 is 64.8 Å². The van der Waals surface area contributed by atoms with Crippen molar-refractivity contribution in [2.24, 2.45) is 28.6 Å². The van der Waals surface area contributed by atoms with Crippen LogP contribution in [0.2, 0.25) is 0 Å². The minimum Gasteiger partial charge on any atom is -0.457 e. The summed E-state index contributed by atoms with van der Waals surface area (Å²) < 4.78 is 165. The molecule has 4 rings (SSSR count). The van der Waals surface area contributed by atoms with Crippen LogP contribution in [0.15, 0.2) is 23.5 Å². The number of halogens is 12. The van der Waals surface area contributed by atoms with Crippen LogP contribution in [0.1, 0.15) is 58.8 Å². The number of rotatable bonds is 5. The second-order valence-electron chi connectivity index (χ2n) is 11.9. The second-order valence-corrected chi connectivity index (χ2v) is 11.9. The van der Waals surface area contributed by atoms with Gasteiger partial charge in [-0.25, -0.2) is 9.59 Å². The van der Waals surface area contributed by atoms with Gasteiger partial charge in [0, 0.05) is 11.8 Å². The molecule has 0 aromatic carbocycles. The van der Waals surface area contributed by atoms with Gasteiger partial charge in [-0.15, -0.1) is 0 Å². The Balaban J connectivity index is 1.51. The smallest absolute Gasteiger partial charge is 0.457 e. The molecule has 0 saturated heterocycles. The molecule has 6 atom stereocenters. The van der Waals surface area contributed by atoms with Gasteiger partial charge in [-0.05, 0) is 73.3 Å². The Morgan fingerprint density at radius 3 is 1.98 bits per heavy atom. The number of ether oxygens (including phenoxy) is 2. The quantitative estimate of drug-likeness (QED) is 0.229. The van der Waals surface area contributed by atoms with Crippen molar-refractivity contribution in [2.75, 3.05) is 0 Å². The van der Waals surface area contributed by atoms with E-state index in [1.807, 2.05) is 6.92 Å². The van der Waals surface area contributed by atoms with E-state index >= 15 is 0 Å². The first kappa shape index (κ1) is 32.5. The van der Waals surface area contributed by atoms with E-state index in [0.29, 0.717) is 31.3 Å². The van der Waals surface area contributed by atoms with Crippen LogP contribution in [0.25, 0.3) is 0 Å². The molecule has 4 aliphatic rings. The molecule has 0 bridgehead atoms. The fraction of sp³-hybridized carbons (Fsp3) is 0.769. The summed E-state index contributed by atoms with van der Waals surface area (Å²) in [7, 11) is 0. The summed E-state index contributed by atoms with van der Waals surface area (Å²) in [6.07, 6.45) is -9.84. The predicted octanol–water partition coefficient (Wildman–Crippen LogP) is 7.93. The van der Waals surface area contributed by atoms with E-state index in [2.05, 4.69) is 4.74 Å². The summed E-state index contributed by atoms with van der Waals surface area (Å²) in [5.74, 6) is -25.3. The third-order valence-electron chi connectivity index (χ3n) is 9.74. The van der Waals surface area contributed by atoms with Gasteiger partial charge in [-0.2, -0.15) is 52.7 Å². The van der Waals surface area contributed by atoms with Gasteiger partial charge in [0.05, 0.1) is 0 Å². The molecule has 2 saturated carbocycles. The number of hydrogen-bond donors (Lipinski definition) is 0. The van der Waals surface area contributed by atoms with Crippen molar-refractivity contribution in [1.82, 2.24) is 0 Å². The fourth-order valence-corrected chi connectivity index (χ4v) is 7.33. The lowest BCUT2D eigenvalue weighted by atomic mass is 9.48. The molecule has 0 aliphatic heterocycles. The van der Waals surface area contributed by atoms with Gasteiger partial charge in [0.1, 0.15) is 11.9 Å². The second kappa shape index (κ2) is 9.80. The summed E-state index contributed by atoms with van der Waals surface area (Å²) in [6.45, 7) is 3.48.